The first-order chi connectivity index (χ1) is 14.4. The average molecular weight is 449 g/mol. The lowest BCUT2D eigenvalue weighted by molar-refractivity contribution is -0.143. The van der Waals surface area contributed by atoms with E-state index in [1.54, 1.807) is 0 Å². The van der Waals surface area contributed by atoms with Gasteiger partial charge in [0.05, 0.1) is 11.1 Å². The number of nitrogens with zero attached hydrogens (tertiary/aromatic N) is 3. The first-order valence-corrected chi connectivity index (χ1v) is 9.38. The Bertz CT molecular complexity index is 887. The van der Waals surface area contributed by atoms with Crippen molar-refractivity contribution in [2.24, 2.45) is 0 Å². The molecule has 0 fully saturated rings. The molecule has 1 aromatic carbocycles. The second kappa shape index (κ2) is 9.94. The van der Waals surface area contributed by atoms with Gasteiger partial charge in [0.25, 0.3) is 5.91 Å². The fourth-order valence-electron chi connectivity index (χ4n) is 2.65. The molecule has 6 nitrogen and oxygen atoms in total. The van der Waals surface area contributed by atoms with Crippen LogP contribution in [0.5, 0.6) is 0 Å². The van der Waals surface area contributed by atoms with Crippen LogP contribution in [0.3, 0.4) is 0 Å². The Morgan fingerprint density at radius 1 is 1.10 bits per heavy atom. The standard InChI is InChI=1S/C19H21F6N5O/c1-3-5-15(4-2)27-28-16(31)6-7-30-11-26-17(29-30)12-8-13(18(20,21)22)10-14(9-12)19(23,24)25/h6-11,15,27H,3-5H2,1-2H3,(H,28,31)/b7-6-. The molecule has 31 heavy (non-hydrogen) atoms. The zero-order valence-electron chi connectivity index (χ0n) is 16.7. The molecule has 1 unspecified atom stereocenters. The van der Waals surface area contributed by atoms with Crippen LogP contribution in [-0.2, 0) is 17.1 Å². The van der Waals surface area contributed by atoms with Gasteiger partial charge in [-0.3, -0.25) is 10.2 Å². The summed E-state index contributed by atoms with van der Waals surface area (Å²) in [6.07, 6.45) is -4.01. The molecule has 0 aliphatic rings. The molecule has 170 valence electrons. The maximum absolute atomic E-state index is 13.0. The van der Waals surface area contributed by atoms with Crippen LogP contribution in [0.15, 0.2) is 30.6 Å². The third kappa shape index (κ3) is 7.09. The lowest BCUT2D eigenvalue weighted by atomic mass is 10.0. The minimum atomic E-state index is -4.97. The van der Waals surface area contributed by atoms with Crippen LogP contribution < -0.4 is 10.9 Å². The molecule has 0 spiro atoms. The predicted molar refractivity (Wildman–Crippen MR) is 101 cm³/mol. The molecular weight excluding hydrogens is 428 g/mol. The van der Waals surface area contributed by atoms with Crippen LogP contribution in [0.2, 0.25) is 0 Å². The van der Waals surface area contributed by atoms with E-state index in [1.807, 2.05) is 13.8 Å². The normalized spacial score (nSPS) is 13.5. The average Bonchev–Trinajstić information content (AvgIpc) is 3.17. The maximum atomic E-state index is 13.0. The Labute approximate surface area is 174 Å². The van der Waals surface area contributed by atoms with Gasteiger partial charge in [0.1, 0.15) is 6.33 Å². The number of carbonyl (C=O) groups is 1. The van der Waals surface area contributed by atoms with E-state index in [4.69, 9.17) is 0 Å². The number of benzene rings is 1. The number of halogens is 6. The number of aromatic nitrogens is 3. The molecule has 2 aromatic rings. The first-order valence-electron chi connectivity index (χ1n) is 9.38. The van der Waals surface area contributed by atoms with Gasteiger partial charge in [-0.05, 0) is 31.0 Å². The zero-order valence-corrected chi connectivity index (χ0v) is 16.7. The molecule has 0 radical (unpaired) electrons. The smallest absolute Gasteiger partial charge is 0.288 e. The topological polar surface area (TPSA) is 71.8 Å². The summed E-state index contributed by atoms with van der Waals surface area (Å²) in [6, 6.07) is 1.20. The van der Waals surface area contributed by atoms with Gasteiger partial charge in [0.15, 0.2) is 5.82 Å². The third-order valence-electron chi connectivity index (χ3n) is 4.26. The molecule has 2 rings (SSSR count). The molecule has 0 saturated heterocycles. The first kappa shape index (κ1) is 24.4. The van der Waals surface area contributed by atoms with Crippen molar-refractivity contribution in [3.8, 4) is 11.4 Å². The van der Waals surface area contributed by atoms with Crippen LogP contribution in [0, 0.1) is 0 Å². The molecule has 0 aliphatic heterocycles. The molecular formula is C19H21F6N5O. The number of hydrogen-bond donors (Lipinski definition) is 2. The number of hydrogen-bond acceptors (Lipinski definition) is 4. The predicted octanol–water partition coefficient (Wildman–Crippen LogP) is 4.65. The van der Waals surface area contributed by atoms with Crippen molar-refractivity contribution >= 4 is 12.1 Å². The summed E-state index contributed by atoms with van der Waals surface area (Å²) in [7, 11) is 0. The highest BCUT2D eigenvalue weighted by atomic mass is 19.4. The van der Waals surface area contributed by atoms with E-state index in [0.29, 0.717) is 12.1 Å². The summed E-state index contributed by atoms with van der Waals surface area (Å²) < 4.78 is 79.0. The molecule has 12 heteroatoms. The summed E-state index contributed by atoms with van der Waals surface area (Å²) >= 11 is 0. The lowest BCUT2D eigenvalue weighted by Gasteiger charge is -2.15. The van der Waals surface area contributed by atoms with E-state index in [0.717, 1.165) is 36.3 Å². The Hall–Kier alpha value is -2.89. The van der Waals surface area contributed by atoms with E-state index in [-0.39, 0.29) is 17.9 Å². The zero-order chi connectivity index (χ0) is 23.2. The van der Waals surface area contributed by atoms with Gasteiger partial charge < -0.3 is 0 Å². The molecule has 2 N–H and O–H groups in total. The summed E-state index contributed by atoms with van der Waals surface area (Å²) in [5.74, 6) is -0.862. The summed E-state index contributed by atoms with van der Waals surface area (Å²) in [5.41, 5.74) is 1.97. The Balaban J connectivity index is 2.18. The van der Waals surface area contributed by atoms with Crippen LogP contribution in [0.25, 0.3) is 17.6 Å². The highest BCUT2D eigenvalue weighted by Crippen LogP contribution is 2.38. The van der Waals surface area contributed by atoms with Gasteiger partial charge in [-0.15, -0.1) is 5.10 Å². The van der Waals surface area contributed by atoms with E-state index < -0.39 is 35.0 Å². The van der Waals surface area contributed by atoms with E-state index in [2.05, 4.69) is 20.9 Å². The van der Waals surface area contributed by atoms with Gasteiger partial charge in [-0.1, -0.05) is 20.3 Å². The molecule has 0 aliphatic carbocycles. The van der Waals surface area contributed by atoms with Crippen molar-refractivity contribution in [1.82, 2.24) is 25.6 Å². The highest BCUT2D eigenvalue weighted by Gasteiger charge is 2.37. The van der Waals surface area contributed by atoms with E-state index in [9.17, 15) is 31.1 Å². The number of alkyl halides is 6. The number of nitrogens with one attached hydrogen (secondary N) is 2. The Morgan fingerprint density at radius 3 is 2.23 bits per heavy atom. The maximum Gasteiger partial charge on any atom is 0.416 e. The summed E-state index contributed by atoms with van der Waals surface area (Å²) in [6.45, 7) is 3.97. The second-order valence-electron chi connectivity index (χ2n) is 6.69. The second-order valence-corrected chi connectivity index (χ2v) is 6.69. The number of amides is 1. The molecule has 1 heterocycles. The van der Waals surface area contributed by atoms with Crippen LogP contribution in [0.4, 0.5) is 26.3 Å². The lowest BCUT2D eigenvalue weighted by Crippen LogP contribution is -2.43. The van der Waals surface area contributed by atoms with E-state index in [1.165, 1.54) is 6.20 Å². The summed E-state index contributed by atoms with van der Waals surface area (Å²) in [5, 5.41) is 3.82. The van der Waals surface area contributed by atoms with Crippen molar-refractivity contribution in [3.63, 3.8) is 0 Å². The van der Waals surface area contributed by atoms with Gasteiger partial charge in [-0.25, -0.2) is 15.1 Å². The van der Waals surface area contributed by atoms with Crippen LogP contribution in [0.1, 0.15) is 44.2 Å². The van der Waals surface area contributed by atoms with Gasteiger partial charge >= 0.3 is 12.4 Å². The molecule has 1 atom stereocenters. The van der Waals surface area contributed by atoms with Crippen molar-refractivity contribution in [2.75, 3.05) is 0 Å². The molecule has 0 bridgehead atoms. The van der Waals surface area contributed by atoms with Crippen LogP contribution in [-0.4, -0.2) is 26.7 Å². The minimum absolute atomic E-state index is 0.0276. The molecule has 1 amide bonds. The number of hydrazine groups is 1. The van der Waals surface area contributed by atoms with Crippen molar-refractivity contribution in [1.29, 1.82) is 0 Å². The van der Waals surface area contributed by atoms with Gasteiger partial charge in [0.2, 0.25) is 0 Å². The fourth-order valence-corrected chi connectivity index (χ4v) is 2.65. The number of rotatable bonds is 8. The number of carbonyl (C=O) groups excluding carboxylic acids is 1. The monoisotopic (exact) mass is 449 g/mol. The van der Waals surface area contributed by atoms with Crippen molar-refractivity contribution in [2.45, 2.75) is 51.5 Å². The van der Waals surface area contributed by atoms with E-state index >= 15 is 0 Å². The summed E-state index contributed by atoms with van der Waals surface area (Å²) in [4.78, 5) is 15.6. The van der Waals surface area contributed by atoms with Gasteiger partial charge in [0, 0.05) is 23.9 Å². The van der Waals surface area contributed by atoms with Crippen molar-refractivity contribution < 1.29 is 31.1 Å². The quantitative estimate of drug-likeness (QED) is 0.350. The minimum Gasteiger partial charge on any atom is -0.288 e. The Morgan fingerprint density at radius 2 is 1.71 bits per heavy atom. The SMILES string of the molecule is CCCC(CC)NNC(=O)/C=C\n1cnc(-c2cc(C(F)(F)F)cc(C(F)(F)F)c2)n1. The third-order valence-corrected chi connectivity index (χ3v) is 4.26. The highest BCUT2D eigenvalue weighted by molar-refractivity contribution is 5.89. The van der Waals surface area contributed by atoms with Gasteiger partial charge in [-0.2, -0.15) is 26.3 Å². The Kier molecular flexibility index (Phi) is 7.82. The molecule has 0 saturated carbocycles. The van der Waals surface area contributed by atoms with Crippen molar-refractivity contribution in [3.05, 3.63) is 41.7 Å². The molecule has 1 aromatic heterocycles. The van der Waals surface area contributed by atoms with Crippen LogP contribution >= 0.6 is 0 Å². The largest absolute Gasteiger partial charge is 0.416 e. The fraction of sp³-hybridized carbons (Fsp3) is 0.421.